The van der Waals surface area contributed by atoms with E-state index in [1.54, 1.807) is 0 Å². The second kappa shape index (κ2) is 10.8. The third-order valence-corrected chi connectivity index (χ3v) is 5.44. The fraction of sp³-hybridized carbons (Fsp3) is 0.714. The molecule has 2 atom stereocenters. The molecule has 0 bridgehead atoms. The van der Waals surface area contributed by atoms with Gasteiger partial charge in [-0.1, -0.05) is 45.7 Å². The topological polar surface area (TPSA) is 41.7 Å². The van der Waals surface area contributed by atoms with E-state index in [9.17, 15) is 0 Å². The third kappa shape index (κ3) is 5.70. The summed E-state index contributed by atoms with van der Waals surface area (Å²) in [6.07, 6.45) is 4.76. The summed E-state index contributed by atoms with van der Waals surface area (Å²) in [5, 5.41) is 0. The molecule has 0 radical (unpaired) electrons. The minimum atomic E-state index is 0.304. The summed E-state index contributed by atoms with van der Waals surface area (Å²) in [5.41, 5.74) is 7.50. The van der Waals surface area contributed by atoms with Crippen molar-refractivity contribution in [3.05, 3.63) is 29.8 Å². The maximum absolute atomic E-state index is 6.18. The molecule has 2 N–H and O–H groups in total. The van der Waals surface area contributed by atoms with Crippen LogP contribution in [0, 0.1) is 0 Å². The zero-order valence-corrected chi connectivity index (χ0v) is 16.4. The van der Waals surface area contributed by atoms with Crippen LogP contribution in [-0.2, 0) is 0 Å². The van der Waals surface area contributed by atoms with Crippen molar-refractivity contribution in [3.63, 3.8) is 0 Å². The van der Waals surface area contributed by atoms with Gasteiger partial charge in [-0.2, -0.15) is 0 Å². The van der Waals surface area contributed by atoms with Gasteiger partial charge in [0.15, 0.2) is 0 Å². The van der Waals surface area contributed by atoms with Crippen molar-refractivity contribution < 1.29 is 4.74 Å². The van der Waals surface area contributed by atoms with Crippen molar-refractivity contribution in [1.29, 1.82) is 0 Å². The van der Waals surface area contributed by atoms with Crippen molar-refractivity contribution in [3.8, 4) is 5.75 Å². The highest BCUT2D eigenvalue weighted by molar-refractivity contribution is 5.29. The summed E-state index contributed by atoms with van der Waals surface area (Å²) in [5.74, 6) is 0.971. The van der Waals surface area contributed by atoms with Crippen LogP contribution in [0.1, 0.15) is 58.1 Å². The number of rotatable bonds is 10. The van der Waals surface area contributed by atoms with Crippen molar-refractivity contribution in [2.24, 2.45) is 5.73 Å². The van der Waals surface area contributed by atoms with Crippen LogP contribution in [0.5, 0.6) is 5.75 Å². The number of ether oxygens (including phenoxy) is 1. The van der Waals surface area contributed by atoms with Crippen LogP contribution in [0.4, 0.5) is 0 Å². The van der Waals surface area contributed by atoms with Gasteiger partial charge in [0.1, 0.15) is 5.75 Å². The largest absolute Gasteiger partial charge is 0.494 e. The van der Waals surface area contributed by atoms with Crippen LogP contribution in [0.3, 0.4) is 0 Å². The van der Waals surface area contributed by atoms with Gasteiger partial charge in [0.2, 0.25) is 0 Å². The number of nitrogens with zero attached hydrogens (tertiary/aromatic N) is 2. The molecular weight excluding hydrogens is 310 g/mol. The molecule has 2 unspecified atom stereocenters. The molecule has 1 aromatic carbocycles. The lowest BCUT2D eigenvalue weighted by atomic mass is 10.00. The van der Waals surface area contributed by atoms with E-state index in [1.807, 2.05) is 0 Å². The van der Waals surface area contributed by atoms with Crippen LogP contribution in [0.2, 0.25) is 0 Å². The highest BCUT2D eigenvalue weighted by Crippen LogP contribution is 2.27. The number of benzene rings is 1. The molecule has 0 spiro atoms. The van der Waals surface area contributed by atoms with E-state index in [-0.39, 0.29) is 0 Å². The van der Waals surface area contributed by atoms with Crippen molar-refractivity contribution in [2.45, 2.75) is 58.5 Å². The number of nitrogens with two attached hydrogens (primary N) is 1. The second-order valence-corrected chi connectivity index (χ2v) is 7.07. The van der Waals surface area contributed by atoms with Gasteiger partial charge >= 0.3 is 0 Å². The molecule has 1 aliphatic rings. The first kappa shape index (κ1) is 20.2. The molecule has 4 nitrogen and oxygen atoms in total. The van der Waals surface area contributed by atoms with E-state index < -0.39 is 0 Å². The zero-order chi connectivity index (χ0) is 18.1. The molecular formula is C21H37N3O. The highest BCUT2D eigenvalue weighted by atomic mass is 16.5. The molecule has 25 heavy (non-hydrogen) atoms. The van der Waals surface area contributed by atoms with Gasteiger partial charge in [0, 0.05) is 38.3 Å². The Bertz CT molecular complexity index is 477. The van der Waals surface area contributed by atoms with Gasteiger partial charge in [-0.15, -0.1) is 0 Å². The van der Waals surface area contributed by atoms with E-state index in [0.717, 1.165) is 45.0 Å². The molecule has 0 saturated carbocycles. The van der Waals surface area contributed by atoms with Crippen LogP contribution < -0.4 is 10.5 Å². The Morgan fingerprint density at radius 2 is 1.88 bits per heavy atom. The summed E-state index contributed by atoms with van der Waals surface area (Å²) in [6, 6.07) is 9.50. The fourth-order valence-corrected chi connectivity index (χ4v) is 3.79. The van der Waals surface area contributed by atoms with Gasteiger partial charge in [-0.3, -0.25) is 4.90 Å². The SMILES string of the molecule is CCCCCOc1ccc(C(CN)N2CCN(CC)CC2CC)cc1. The lowest BCUT2D eigenvalue weighted by Gasteiger charge is -2.44. The molecule has 1 heterocycles. The van der Waals surface area contributed by atoms with Gasteiger partial charge in [0.05, 0.1) is 6.61 Å². The van der Waals surface area contributed by atoms with Crippen LogP contribution in [-0.4, -0.2) is 55.2 Å². The molecule has 142 valence electrons. The smallest absolute Gasteiger partial charge is 0.119 e. The Labute approximate surface area is 154 Å². The van der Waals surface area contributed by atoms with E-state index >= 15 is 0 Å². The second-order valence-electron chi connectivity index (χ2n) is 7.07. The number of hydrogen-bond donors (Lipinski definition) is 1. The number of hydrogen-bond acceptors (Lipinski definition) is 4. The minimum absolute atomic E-state index is 0.304. The first-order chi connectivity index (χ1) is 12.2. The van der Waals surface area contributed by atoms with Crippen molar-refractivity contribution in [1.82, 2.24) is 9.80 Å². The molecule has 1 aromatic rings. The lowest BCUT2D eigenvalue weighted by molar-refractivity contribution is 0.0427. The average molecular weight is 348 g/mol. The van der Waals surface area contributed by atoms with Crippen molar-refractivity contribution >= 4 is 0 Å². The summed E-state index contributed by atoms with van der Waals surface area (Å²) >= 11 is 0. The molecule has 0 aliphatic carbocycles. The minimum Gasteiger partial charge on any atom is -0.494 e. The molecule has 2 rings (SSSR count). The Morgan fingerprint density at radius 1 is 1.12 bits per heavy atom. The quantitative estimate of drug-likeness (QED) is 0.656. The maximum Gasteiger partial charge on any atom is 0.119 e. The fourth-order valence-electron chi connectivity index (χ4n) is 3.79. The van der Waals surface area contributed by atoms with Crippen molar-refractivity contribution in [2.75, 3.05) is 39.3 Å². The highest BCUT2D eigenvalue weighted by Gasteiger charge is 2.30. The van der Waals surface area contributed by atoms with E-state index in [2.05, 4.69) is 54.8 Å². The maximum atomic E-state index is 6.18. The first-order valence-electron chi connectivity index (χ1n) is 10.1. The first-order valence-corrected chi connectivity index (χ1v) is 10.1. The average Bonchev–Trinajstić information content (AvgIpc) is 2.67. The molecule has 0 aromatic heterocycles. The predicted molar refractivity (Wildman–Crippen MR) is 106 cm³/mol. The van der Waals surface area contributed by atoms with Crippen LogP contribution >= 0.6 is 0 Å². The number of piperazine rings is 1. The van der Waals surface area contributed by atoms with Gasteiger partial charge in [0.25, 0.3) is 0 Å². The molecule has 4 heteroatoms. The normalized spacial score (nSPS) is 20.6. The summed E-state index contributed by atoms with van der Waals surface area (Å²) in [7, 11) is 0. The van der Waals surface area contributed by atoms with Crippen LogP contribution in [0.25, 0.3) is 0 Å². The zero-order valence-electron chi connectivity index (χ0n) is 16.4. The summed E-state index contributed by atoms with van der Waals surface area (Å²) in [4.78, 5) is 5.16. The standard InChI is InChI=1S/C21H37N3O/c1-4-7-8-15-25-20-11-9-18(10-12-20)21(16-22)24-14-13-23(6-3)17-19(24)5-2/h9-12,19,21H,4-8,13-17,22H2,1-3H3. The molecule has 1 saturated heterocycles. The van der Waals surface area contributed by atoms with Gasteiger partial charge < -0.3 is 15.4 Å². The van der Waals surface area contributed by atoms with E-state index in [1.165, 1.54) is 24.8 Å². The Kier molecular flexibility index (Phi) is 8.73. The summed E-state index contributed by atoms with van der Waals surface area (Å²) in [6.45, 7) is 12.8. The molecule has 1 aliphatic heterocycles. The summed E-state index contributed by atoms with van der Waals surface area (Å²) < 4.78 is 5.84. The molecule has 0 amide bonds. The monoisotopic (exact) mass is 347 g/mol. The Balaban J connectivity index is 1.99. The lowest BCUT2D eigenvalue weighted by Crippen LogP contribution is -2.54. The Hall–Kier alpha value is -1.10. The van der Waals surface area contributed by atoms with Crippen LogP contribution in [0.15, 0.2) is 24.3 Å². The Morgan fingerprint density at radius 3 is 2.48 bits per heavy atom. The predicted octanol–water partition coefficient (Wildman–Crippen LogP) is 3.67. The van der Waals surface area contributed by atoms with Gasteiger partial charge in [-0.05, 0) is 37.1 Å². The molecule has 1 fully saturated rings. The number of likely N-dealkylation sites (N-methyl/N-ethyl adjacent to an activating group) is 1. The number of unbranched alkanes of at least 4 members (excludes halogenated alkanes) is 2. The van der Waals surface area contributed by atoms with Gasteiger partial charge in [-0.25, -0.2) is 0 Å². The van der Waals surface area contributed by atoms with E-state index in [4.69, 9.17) is 10.5 Å². The van der Waals surface area contributed by atoms with E-state index in [0.29, 0.717) is 18.6 Å². The third-order valence-electron chi connectivity index (χ3n) is 5.44.